The molecule has 3 rings (SSSR count). The van der Waals surface area contributed by atoms with Crippen LogP contribution in [-0.2, 0) is 6.61 Å². The van der Waals surface area contributed by atoms with Crippen LogP contribution in [0.1, 0.15) is 16.3 Å². The first kappa shape index (κ1) is 14.0. The van der Waals surface area contributed by atoms with Gasteiger partial charge in [0.2, 0.25) is 4.96 Å². The molecular formula is C14H12ClN3O2S. The Morgan fingerprint density at radius 3 is 2.90 bits per heavy atom. The number of hydrogen-bond acceptors (Lipinski definition) is 5. The molecule has 0 aliphatic carbocycles. The van der Waals surface area contributed by atoms with Gasteiger partial charge in [0.1, 0.15) is 17.4 Å². The quantitative estimate of drug-likeness (QED) is 0.744. The molecule has 0 saturated carbocycles. The zero-order chi connectivity index (χ0) is 15.0. The lowest BCUT2D eigenvalue weighted by molar-refractivity contribution is 0.301. The average molecular weight is 322 g/mol. The summed E-state index contributed by atoms with van der Waals surface area (Å²) in [7, 11) is 0. The maximum atomic E-state index is 11.9. The second-order valence-corrected chi connectivity index (χ2v) is 6.17. The van der Waals surface area contributed by atoms with Gasteiger partial charge in [-0.05, 0) is 37.6 Å². The Hall–Kier alpha value is -1.92. The third-order valence-corrected chi connectivity index (χ3v) is 4.16. The van der Waals surface area contributed by atoms with Gasteiger partial charge in [0.05, 0.1) is 5.69 Å². The first-order valence-corrected chi connectivity index (χ1v) is 7.48. The molecule has 0 bridgehead atoms. The van der Waals surface area contributed by atoms with Crippen LogP contribution in [0.4, 0.5) is 0 Å². The number of aryl methyl sites for hydroxylation is 2. The molecule has 2 aromatic heterocycles. The van der Waals surface area contributed by atoms with Crippen molar-refractivity contribution in [1.82, 2.24) is 14.6 Å². The van der Waals surface area contributed by atoms with E-state index in [2.05, 4.69) is 10.1 Å². The van der Waals surface area contributed by atoms with E-state index in [9.17, 15) is 4.79 Å². The van der Waals surface area contributed by atoms with Gasteiger partial charge in [-0.25, -0.2) is 4.98 Å². The Morgan fingerprint density at radius 1 is 1.33 bits per heavy atom. The van der Waals surface area contributed by atoms with Gasteiger partial charge in [-0.1, -0.05) is 22.9 Å². The van der Waals surface area contributed by atoms with E-state index in [1.54, 1.807) is 12.1 Å². The molecule has 0 fully saturated rings. The number of hydrogen-bond donors (Lipinski definition) is 0. The highest BCUT2D eigenvalue weighted by atomic mass is 35.5. The Morgan fingerprint density at radius 2 is 2.14 bits per heavy atom. The van der Waals surface area contributed by atoms with Crippen molar-refractivity contribution < 1.29 is 4.74 Å². The predicted octanol–water partition coefficient (Wildman–Crippen LogP) is 3.00. The van der Waals surface area contributed by atoms with Gasteiger partial charge in [-0.2, -0.15) is 9.61 Å². The second-order valence-electron chi connectivity index (χ2n) is 4.60. The lowest BCUT2D eigenvalue weighted by atomic mass is 10.2. The second kappa shape index (κ2) is 5.46. The Labute approximate surface area is 129 Å². The molecule has 0 saturated heterocycles. The van der Waals surface area contributed by atoms with E-state index in [-0.39, 0.29) is 12.2 Å². The number of nitrogens with zero attached hydrogens (tertiary/aromatic N) is 3. The molecule has 0 atom stereocenters. The third kappa shape index (κ3) is 2.91. The van der Waals surface area contributed by atoms with Gasteiger partial charge >= 0.3 is 0 Å². The van der Waals surface area contributed by atoms with Crippen molar-refractivity contribution in [3.05, 3.63) is 55.9 Å². The maximum absolute atomic E-state index is 11.9. The van der Waals surface area contributed by atoms with E-state index in [4.69, 9.17) is 16.3 Å². The molecule has 0 aliphatic rings. The topological polar surface area (TPSA) is 56.5 Å². The fourth-order valence-corrected chi connectivity index (χ4v) is 2.77. The van der Waals surface area contributed by atoms with Crippen molar-refractivity contribution in [2.24, 2.45) is 0 Å². The zero-order valence-electron chi connectivity index (χ0n) is 11.5. The van der Waals surface area contributed by atoms with E-state index in [1.807, 2.05) is 19.9 Å². The number of halogens is 1. The van der Waals surface area contributed by atoms with Crippen LogP contribution in [-0.4, -0.2) is 14.6 Å². The van der Waals surface area contributed by atoms with Crippen molar-refractivity contribution in [3.8, 4) is 5.75 Å². The normalized spacial score (nSPS) is 11.0. The van der Waals surface area contributed by atoms with Crippen molar-refractivity contribution in [1.29, 1.82) is 0 Å². The highest BCUT2D eigenvalue weighted by Gasteiger charge is 2.07. The van der Waals surface area contributed by atoms with Crippen LogP contribution in [0, 0.1) is 13.8 Å². The summed E-state index contributed by atoms with van der Waals surface area (Å²) < 4.78 is 6.96. The van der Waals surface area contributed by atoms with E-state index in [1.165, 1.54) is 21.9 Å². The molecule has 108 valence electrons. The summed E-state index contributed by atoms with van der Waals surface area (Å²) in [6.45, 7) is 3.97. The van der Waals surface area contributed by atoms with E-state index in [0.717, 1.165) is 10.6 Å². The van der Waals surface area contributed by atoms with Gasteiger partial charge in [-0.3, -0.25) is 4.79 Å². The number of ether oxygens (including phenoxy) is 1. The zero-order valence-corrected chi connectivity index (χ0v) is 13.0. The lowest BCUT2D eigenvalue weighted by Gasteiger charge is -2.07. The summed E-state index contributed by atoms with van der Waals surface area (Å²) in [6, 6.07) is 6.86. The Kier molecular flexibility index (Phi) is 3.65. The van der Waals surface area contributed by atoms with Crippen molar-refractivity contribution in [2.45, 2.75) is 20.5 Å². The monoisotopic (exact) mass is 321 g/mol. The van der Waals surface area contributed by atoms with Crippen LogP contribution in [0.25, 0.3) is 4.96 Å². The van der Waals surface area contributed by atoms with Gasteiger partial charge in [0, 0.05) is 11.1 Å². The molecule has 1 aromatic carbocycles. The fraction of sp³-hybridized carbons (Fsp3) is 0.214. The molecule has 21 heavy (non-hydrogen) atoms. The first-order valence-electron chi connectivity index (χ1n) is 6.28. The number of aromatic nitrogens is 3. The highest BCUT2D eigenvalue weighted by Crippen LogP contribution is 2.21. The van der Waals surface area contributed by atoms with Crippen molar-refractivity contribution in [3.63, 3.8) is 0 Å². The fourth-order valence-electron chi connectivity index (χ4n) is 1.89. The van der Waals surface area contributed by atoms with Gasteiger partial charge in [0.15, 0.2) is 0 Å². The molecule has 0 N–H and O–H groups in total. The SMILES string of the molecule is Cc1nn2c(=O)cc(COc3ccc(Cl)c(C)c3)nc2s1. The molecule has 0 radical (unpaired) electrons. The van der Waals surface area contributed by atoms with E-state index < -0.39 is 0 Å². The molecule has 5 nitrogen and oxygen atoms in total. The van der Waals surface area contributed by atoms with Gasteiger partial charge in [0.25, 0.3) is 5.56 Å². The van der Waals surface area contributed by atoms with Crippen LogP contribution in [0.3, 0.4) is 0 Å². The first-order chi connectivity index (χ1) is 10.0. The minimum Gasteiger partial charge on any atom is -0.487 e. The van der Waals surface area contributed by atoms with Crippen LogP contribution < -0.4 is 10.3 Å². The van der Waals surface area contributed by atoms with Gasteiger partial charge < -0.3 is 4.74 Å². The highest BCUT2D eigenvalue weighted by molar-refractivity contribution is 7.16. The lowest BCUT2D eigenvalue weighted by Crippen LogP contribution is -2.16. The number of rotatable bonds is 3. The predicted molar refractivity (Wildman–Crippen MR) is 82.4 cm³/mol. The van der Waals surface area contributed by atoms with Crippen LogP contribution in [0.2, 0.25) is 5.02 Å². The summed E-state index contributed by atoms with van der Waals surface area (Å²) in [5, 5.41) is 5.59. The van der Waals surface area contributed by atoms with Crippen LogP contribution >= 0.6 is 22.9 Å². The van der Waals surface area contributed by atoms with Crippen molar-refractivity contribution in [2.75, 3.05) is 0 Å². The Bertz CT molecular complexity index is 872. The molecule has 0 unspecified atom stereocenters. The molecule has 0 aliphatic heterocycles. The molecule has 0 spiro atoms. The smallest absolute Gasteiger partial charge is 0.275 e. The summed E-state index contributed by atoms with van der Waals surface area (Å²) in [6.07, 6.45) is 0. The standard InChI is InChI=1S/C14H12ClN3O2S/c1-8-5-11(3-4-12(8)15)20-7-10-6-13(19)18-14(16-10)21-9(2)17-18/h3-6H,7H2,1-2H3. The van der Waals surface area contributed by atoms with Gasteiger partial charge in [-0.15, -0.1) is 0 Å². The average Bonchev–Trinajstić information content (AvgIpc) is 2.81. The Balaban J connectivity index is 1.84. The van der Waals surface area contributed by atoms with Crippen LogP contribution in [0.15, 0.2) is 29.1 Å². The summed E-state index contributed by atoms with van der Waals surface area (Å²) >= 11 is 7.34. The molecule has 3 aromatic rings. The number of benzene rings is 1. The number of fused-ring (bicyclic) bond motifs is 1. The van der Waals surface area contributed by atoms with Crippen LogP contribution in [0.5, 0.6) is 5.75 Å². The maximum Gasteiger partial charge on any atom is 0.275 e. The molecule has 2 heterocycles. The molecule has 0 amide bonds. The summed E-state index contributed by atoms with van der Waals surface area (Å²) in [4.78, 5) is 16.9. The molecule has 7 heteroatoms. The minimum atomic E-state index is -0.199. The summed E-state index contributed by atoms with van der Waals surface area (Å²) in [5.74, 6) is 0.694. The minimum absolute atomic E-state index is 0.199. The third-order valence-electron chi connectivity index (χ3n) is 2.92. The largest absolute Gasteiger partial charge is 0.487 e. The van der Waals surface area contributed by atoms with E-state index in [0.29, 0.717) is 21.4 Å². The summed E-state index contributed by atoms with van der Waals surface area (Å²) in [5.41, 5.74) is 1.32. The molecular weight excluding hydrogens is 310 g/mol. The van der Waals surface area contributed by atoms with E-state index >= 15 is 0 Å². The van der Waals surface area contributed by atoms with Crippen molar-refractivity contribution >= 4 is 27.9 Å².